The molecule has 1 atom stereocenters. The number of nitro groups is 1. The van der Waals surface area contributed by atoms with Gasteiger partial charge >= 0.3 is 11.7 Å². The highest BCUT2D eigenvalue weighted by Crippen LogP contribution is 2.39. The van der Waals surface area contributed by atoms with E-state index in [0.717, 1.165) is 0 Å². The van der Waals surface area contributed by atoms with E-state index in [0.29, 0.717) is 5.69 Å². The lowest BCUT2D eigenvalue weighted by Gasteiger charge is -2.16. The molecule has 0 radical (unpaired) electrons. The maximum absolute atomic E-state index is 11.5. The average Bonchev–Trinajstić information content (AvgIpc) is 2.51. The molecule has 0 bridgehead atoms. The van der Waals surface area contributed by atoms with E-state index in [1.54, 1.807) is 13.8 Å². The van der Waals surface area contributed by atoms with Gasteiger partial charge in [0.25, 0.3) is 0 Å². The van der Waals surface area contributed by atoms with E-state index < -0.39 is 16.9 Å². The number of nitrogens with zero attached hydrogens (tertiary/aromatic N) is 1. The number of carbonyl (C=O) groups is 1. The van der Waals surface area contributed by atoms with Crippen LogP contribution in [-0.4, -0.2) is 37.8 Å². The molecule has 0 aliphatic rings. The van der Waals surface area contributed by atoms with Gasteiger partial charge < -0.3 is 19.6 Å². The van der Waals surface area contributed by atoms with Gasteiger partial charge in [-0.25, -0.2) is 5.43 Å². The average molecular weight is 313 g/mol. The van der Waals surface area contributed by atoms with Crippen molar-refractivity contribution in [3.05, 3.63) is 22.2 Å². The van der Waals surface area contributed by atoms with E-state index in [2.05, 4.69) is 10.9 Å². The molecule has 0 spiro atoms. The monoisotopic (exact) mass is 313 g/mol. The van der Waals surface area contributed by atoms with E-state index >= 15 is 0 Å². The highest BCUT2D eigenvalue weighted by Gasteiger charge is 2.22. The minimum Gasteiger partial charge on any atom is -0.493 e. The minimum atomic E-state index is -0.632. The number of esters is 1. The Morgan fingerprint density at radius 2 is 2.05 bits per heavy atom. The largest absolute Gasteiger partial charge is 0.493 e. The molecular formula is C13H19N3O6. The van der Waals surface area contributed by atoms with Crippen LogP contribution in [0.5, 0.6) is 11.5 Å². The van der Waals surface area contributed by atoms with Gasteiger partial charge in [-0.2, -0.15) is 0 Å². The SMILES string of the molecule is CCOC(=O)C(C)NNc1cc(OC)c(OC)c([N+](=O)[O-])c1. The Kier molecular flexibility index (Phi) is 6.39. The summed E-state index contributed by atoms with van der Waals surface area (Å²) in [5.41, 5.74) is 5.50. The second-order valence-corrected chi connectivity index (χ2v) is 4.23. The van der Waals surface area contributed by atoms with Crippen molar-refractivity contribution >= 4 is 17.3 Å². The summed E-state index contributed by atoms with van der Waals surface area (Å²) in [6.45, 7) is 3.57. The number of hydrogen-bond donors (Lipinski definition) is 2. The third-order valence-corrected chi connectivity index (χ3v) is 2.73. The number of hydrogen-bond acceptors (Lipinski definition) is 8. The van der Waals surface area contributed by atoms with Crippen molar-refractivity contribution in [2.45, 2.75) is 19.9 Å². The molecule has 2 N–H and O–H groups in total. The number of benzene rings is 1. The quantitative estimate of drug-likeness (QED) is 0.421. The smallest absolute Gasteiger partial charge is 0.324 e. The van der Waals surface area contributed by atoms with Crippen LogP contribution in [0.2, 0.25) is 0 Å². The first kappa shape index (κ1) is 17.5. The van der Waals surface area contributed by atoms with Gasteiger partial charge in [-0.3, -0.25) is 14.9 Å². The number of nitro benzene ring substituents is 1. The highest BCUT2D eigenvalue weighted by molar-refractivity contribution is 5.75. The normalized spacial score (nSPS) is 11.5. The summed E-state index contributed by atoms with van der Waals surface area (Å²) in [5, 5.41) is 11.1. The van der Waals surface area contributed by atoms with Gasteiger partial charge in [0.2, 0.25) is 5.75 Å². The molecule has 0 aliphatic heterocycles. The number of carbonyl (C=O) groups excluding carboxylic acids is 1. The van der Waals surface area contributed by atoms with Crippen molar-refractivity contribution in [2.75, 3.05) is 26.3 Å². The molecule has 0 aromatic heterocycles. The minimum absolute atomic E-state index is 0.0245. The number of nitrogens with one attached hydrogen (secondary N) is 2. The molecule has 0 fully saturated rings. The zero-order valence-electron chi connectivity index (χ0n) is 12.8. The second-order valence-electron chi connectivity index (χ2n) is 4.23. The predicted octanol–water partition coefficient (Wildman–Crippen LogP) is 1.48. The van der Waals surface area contributed by atoms with E-state index in [1.165, 1.54) is 26.4 Å². The van der Waals surface area contributed by atoms with Crippen LogP contribution in [0, 0.1) is 10.1 Å². The lowest BCUT2D eigenvalue weighted by atomic mass is 10.2. The first-order valence-electron chi connectivity index (χ1n) is 6.53. The van der Waals surface area contributed by atoms with Crippen molar-refractivity contribution in [3.8, 4) is 11.5 Å². The van der Waals surface area contributed by atoms with Gasteiger partial charge in [0.05, 0.1) is 31.4 Å². The maximum Gasteiger partial charge on any atom is 0.324 e. The van der Waals surface area contributed by atoms with Gasteiger partial charge in [0, 0.05) is 12.1 Å². The van der Waals surface area contributed by atoms with Gasteiger partial charge in [-0.1, -0.05) is 0 Å². The van der Waals surface area contributed by atoms with Crippen LogP contribution in [0.15, 0.2) is 12.1 Å². The van der Waals surface area contributed by atoms with Crippen LogP contribution in [-0.2, 0) is 9.53 Å². The fourth-order valence-corrected chi connectivity index (χ4v) is 1.67. The molecule has 9 heteroatoms. The molecule has 0 saturated heterocycles. The van der Waals surface area contributed by atoms with Crippen LogP contribution in [0.25, 0.3) is 0 Å². The molecule has 0 aliphatic carbocycles. The van der Waals surface area contributed by atoms with Crippen LogP contribution >= 0.6 is 0 Å². The van der Waals surface area contributed by atoms with Crippen LogP contribution in [0.1, 0.15) is 13.8 Å². The zero-order valence-corrected chi connectivity index (χ0v) is 12.8. The number of hydrazine groups is 1. The zero-order chi connectivity index (χ0) is 16.7. The summed E-state index contributed by atoms with van der Waals surface area (Å²) in [7, 11) is 2.69. The first-order valence-corrected chi connectivity index (χ1v) is 6.53. The third kappa shape index (κ3) is 4.22. The van der Waals surface area contributed by atoms with E-state index in [1.807, 2.05) is 0 Å². The molecule has 9 nitrogen and oxygen atoms in total. The molecule has 0 heterocycles. The van der Waals surface area contributed by atoms with Gasteiger partial charge in [-0.15, -0.1) is 0 Å². The lowest BCUT2D eigenvalue weighted by molar-refractivity contribution is -0.385. The van der Waals surface area contributed by atoms with Gasteiger partial charge in [0.15, 0.2) is 5.75 Å². The van der Waals surface area contributed by atoms with Gasteiger partial charge in [-0.05, 0) is 13.8 Å². The van der Waals surface area contributed by atoms with E-state index in [-0.39, 0.29) is 23.8 Å². The topological polar surface area (TPSA) is 112 Å². The number of anilines is 1. The Labute approximate surface area is 127 Å². The summed E-state index contributed by atoms with van der Waals surface area (Å²) in [6, 6.07) is 2.15. The Morgan fingerprint density at radius 1 is 1.36 bits per heavy atom. The van der Waals surface area contributed by atoms with Crippen molar-refractivity contribution in [2.24, 2.45) is 0 Å². The first-order chi connectivity index (χ1) is 10.4. The molecule has 0 amide bonds. The maximum atomic E-state index is 11.5. The highest BCUT2D eigenvalue weighted by atomic mass is 16.6. The van der Waals surface area contributed by atoms with Gasteiger partial charge in [0.1, 0.15) is 6.04 Å². The molecule has 1 aromatic carbocycles. The number of ether oxygens (including phenoxy) is 3. The Bertz CT molecular complexity index is 549. The second kappa shape index (κ2) is 8.03. The summed E-state index contributed by atoms with van der Waals surface area (Å²) in [5.74, 6) is -0.216. The molecule has 122 valence electrons. The summed E-state index contributed by atoms with van der Waals surface area (Å²) in [4.78, 5) is 22.0. The van der Waals surface area contributed by atoms with Crippen molar-refractivity contribution in [3.63, 3.8) is 0 Å². The van der Waals surface area contributed by atoms with E-state index in [4.69, 9.17) is 14.2 Å². The van der Waals surface area contributed by atoms with Crippen molar-refractivity contribution < 1.29 is 23.9 Å². The third-order valence-electron chi connectivity index (χ3n) is 2.73. The fraction of sp³-hybridized carbons (Fsp3) is 0.462. The van der Waals surface area contributed by atoms with Crippen LogP contribution in [0.4, 0.5) is 11.4 Å². The number of rotatable bonds is 8. The molecule has 22 heavy (non-hydrogen) atoms. The standard InChI is InChI=1S/C13H19N3O6/c1-5-22-13(17)8(2)14-15-9-6-10(16(18)19)12(21-4)11(7-9)20-3/h6-8,14-15H,5H2,1-4H3. The van der Waals surface area contributed by atoms with Crippen LogP contribution < -0.4 is 20.3 Å². The molecule has 1 rings (SSSR count). The van der Waals surface area contributed by atoms with Crippen molar-refractivity contribution in [1.82, 2.24) is 5.43 Å². The molecule has 0 saturated carbocycles. The van der Waals surface area contributed by atoms with Crippen LogP contribution in [0.3, 0.4) is 0 Å². The fourth-order valence-electron chi connectivity index (χ4n) is 1.67. The van der Waals surface area contributed by atoms with E-state index in [9.17, 15) is 14.9 Å². The number of methoxy groups -OCH3 is 2. The molecular weight excluding hydrogens is 294 g/mol. The summed E-state index contributed by atoms with van der Waals surface area (Å²) >= 11 is 0. The molecule has 1 aromatic rings. The Hall–Kier alpha value is -2.55. The predicted molar refractivity (Wildman–Crippen MR) is 79.1 cm³/mol. The summed E-state index contributed by atoms with van der Waals surface area (Å²) < 4.78 is 14.9. The Morgan fingerprint density at radius 3 is 2.55 bits per heavy atom. The molecule has 1 unspecified atom stereocenters. The summed E-state index contributed by atoms with van der Waals surface area (Å²) in [6.07, 6.45) is 0. The Balaban J connectivity index is 2.94. The lowest BCUT2D eigenvalue weighted by Crippen LogP contribution is -2.39. The van der Waals surface area contributed by atoms with Crippen molar-refractivity contribution in [1.29, 1.82) is 0 Å².